The standard InChI is InChI=1S/C36H29N3O6S/c1-22-31(33(40)38-27-9-4-3-5-10-27)32(25-13-17-28(44-2)18-14-25)39-34(41)30(46-36(39)37-22)20-23-11-15-29(16-12-23)45-21-24-7-6-8-26(19-24)35(42)43/h3-20,32H,21H2,1-2H3,(H,38,40)(H,42,43)/b30-20+/t32-/m0/s1. The molecule has 1 atom stereocenters. The van der Waals surface area contributed by atoms with Gasteiger partial charge in [-0.1, -0.05) is 65.9 Å². The SMILES string of the molecule is COc1ccc([C@H]2C(C(=O)Nc3ccccc3)=C(C)N=c3s/c(=C/c4ccc(OCc5cccc(C(=O)O)c5)cc4)c(=O)n32)cc1. The van der Waals surface area contributed by atoms with Crippen LogP contribution in [0.4, 0.5) is 5.69 Å². The number of ether oxygens (including phenoxy) is 2. The summed E-state index contributed by atoms with van der Waals surface area (Å²) >= 11 is 1.26. The van der Waals surface area contributed by atoms with Crippen molar-refractivity contribution < 1.29 is 24.2 Å². The van der Waals surface area contributed by atoms with Crippen LogP contribution < -0.4 is 29.7 Å². The predicted molar refractivity (Wildman–Crippen MR) is 176 cm³/mol. The van der Waals surface area contributed by atoms with Gasteiger partial charge in [0.1, 0.15) is 18.1 Å². The molecule has 1 aliphatic rings. The molecule has 0 fully saturated rings. The summed E-state index contributed by atoms with van der Waals surface area (Å²) in [6.07, 6.45) is 1.79. The van der Waals surface area contributed by atoms with Gasteiger partial charge in [-0.3, -0.25) is 14.2 Å². The zero-order valence-corrected chi connectivity index (χ0v) is 25.8. The van der Waals surface area contributed by atoms with Gasteiger partial charge in [0.15, 0.2) is 4.80 Å². The first-order valence-electron chi connectivity index (χ1n) is 14.4. The minimum Gasteiger partial charge on any atom is -0.497 e. The molecule has 4 aromatic carbocycles. The van der Waals surface area contributed by atoms with Crippen LogP contribution in [0, 0.1) is 0 Å². The average Bonchev–Trinajstić information content (AvgIpc) is 3.37. The van der Waals surface area contributed by atoms with Crippen LogP contribution in [-0.4, -0.2) is 28.7 Å². The van der Waals surface area contributed by atoms with Gasteiger partial charge in [0, 0.05) is 5.69 Å². The lowest BCUT2D eigenvalue weighted by atomic mass is 9.95. The Morgan fingerprint density at radius 1 is 0.957 bits per heavy atom. The lowest BCUT2D eigenvalue weighted by molar-refractivity contribution is -0.113. The Bertz CT molecular complexity index is 2130. The van der Waals surface area contributed by atoms with Gasteiger partial charge in [0.05, 0.1) is 34.5 Å². The summed E-state index contributed by atoms with van der Waals surface area (Å²) in [6, 6.07) is 29.6. The number of rotatable bonds is 9. The molecular weight excluding hydrogens is 602 g/mol. The smallest absolute Gasteiger partial charge is 0.335 e. The van der Waals surface area contributed by atoms with E-state index in [4.69, 9.17) is 14.5 Å². The molecule has 0 bridgehead atoms. The Morgan fingerprint density at radius 2 is 1.67 bits per heavy atom. The number of carbonyl (C=O) groups is 2. The number of benzene rings is 4. The third-order valence-electron chi connectivity index (χ3n) is 7.49. The van der Waals surface area contributed by atoms with Crippen LogP contribution >= 0.6 is 11.3 Å². The van der Waals surface area contributed by atoms with Crippen molar-refractivity contribution in [3.05, 3.63) is 156 Å². The molecular formula is C36H29N3O6S. The van der Waals surface area contributed by atoms with Gasteiger partial charge in [-0.05, 0) is 78.2 Å². The molecule has 1 aliphatic heterocycles. The molecule has 0 spiro atoms. The zero-order valence-electron chi connectivity index (χ0n) is 25.0. The van der Waals surface area contributed by atoms with Gasteiger partial charge < -0.3 is 19.9 Å². The van der Waals surface area contributed by atoms with E-state index in [0.29, 0.717) is 37.8 Å². The lowest BCUT2D eigenvalue weighted by Crippen LogP contribution is -2.40. The number of allylic oxidation sites excluding steroid dienone is 1. The minimum absolute atomic E-state index is 0.200. The first-order valence-corrected chi connectivity index (χ1v) is 15.2. The van der Waals surface area contributed by atoms with Crippen LogP contribution in [0.25, 0.3) is 6.08 Å². The second kappa shape index (κ2) is 13.1. The summed E-state index contributed by atoms with van der Waals surface area (Å²) in [7, 11) is 1.58. The molecule has 46 heavy (non-hydrogen) atoms. The van der Waals surface area contributed by atoms with Crippen molar-refractivity contribution in [2.75, 3.05) is 12.4 Å². The third kappa shape index (κ3) is 6.38. The maximum atomic E-state index is 14.0. The predicted octanol–water partition coefficient (Wildman–Crippen LogP) is 5.16. The van der Waals surface area contributed by atoms with Crippen LogP contribution in [0.2, 0.25) is 0 Å². The fourth-order valence-corrected chi connectivity index (χ4v) is 6.25. The van der Waals surface area contributed by atoms with E-state index in [-0.39, 0.29) is 23.6 Å². The highest BCUT2D eigenvalue weighted by Gasteiger charge is 2.32. The van der Waals surface area contributed by atoms with Crippen molar-refractivity contribution in [1.82, 2.24) is 4.57 Å². The van der Waals surface area contributed by atoms with E-state index in [1.807, 2.05) is 42.5 Å². The Balaban J connectivity index is 1.32. The molecule has 0 radical (unpaired) electrons. The highest BCUT2D eigenvalue weighted by molar-refractivity contribution is 7.07. The molecule has 0 aliphatic carbocycles. The van der Waals surface area contributed by atoms with Gasteiger partial charge in [-0.2, -0.15) is 0 Å². The summed E-state index contributed by atoms with van der Waals surface area (Å²) in [4.78, 5) is 44.2. The number of fused-ring (bicyclic) bond motifs is 1. The Labute approximate surface area is 268 Å². The van der Waals surface area contributed by atoms with Crippen LogP contribution in [0.1, 0.15) is 40.0 Å². The molecule has 1 amide bonds. The molecule has 5 aromatic rings. The Hall–Kier alpha value is -5.74. The van der Waals surface area contributed by atoms with E-state index in [2.05, 4.69) is 5.32 Å². The number of amides is 1. The second-order valence-electron chi connectivity index (χ2n) is 10.5. The minimum atomic E-state index is -0.992. The molecule has 230 valence electrons. The van der Waals surface area contributed by atoms with Crippen LogP contribution in [-0.2, 0) is 11.4 Å². The number of carbonyl (C=O) groups excluding carboxylic acids is 1. The van der Waals surface area contributed by atoms with Gasteiger partial charge in [-0.25, -0.2) is 9.79 Å². The first kappa shape index (κ1) is 30.3. The zero-order chi connectivity index (χ0) is 32.2. The van der Waals surface area contributed by atoms with E-state index in [1.54, 1.807) is 79.3 Å². The van der Waals surface area contributed by atoms with E-state index >= 15 is 0 Å². The number of thiazole rings is 1. The lowest BCUT2D eigenvalue weighted by Gasteiger charge is -2.25. The van der Waals surface area contributed by atoms with Gasteiger partial charge in [-0.15, -0.1) is 0 Å². The molecule has 0 saturated heterocycles. The molecule has 2 heterocycles. The number of para-hydroxylation sites is 1. The summed E-state index contributed by atoms with van der Waals surface area (Å²) in [5.41, 5.74) is 3.75. The number of nitrogens with one attached hydrogen (secondary N) is 1. The summed E-state index contributed by atoms with van der Waals surface area (Å²) < 4.78 is 13.2. The monoisotopic (exact) mass is 631 g/mol. The molecule has 0 unspecified atom stereocenters. The maximum absolute atomic E-state index is 14.0. The van der Waals surface area contributed by atoms with Crippen molar-refractivity contribution >= 4 is 35.0 Å². The maximum Gasteiger partial charge on any atom is 0.335 e. The number of hydrogen-bond donors (Lipinski definition) is 2. The Morgan fingerprint density at radius 3 is 2.37 bits per heavy atom. The largest absolute Gasteiger partial charge is 0.497 e. The highest BCUT2D eigenvalue weighted by atomic mass is 32.1. The molecule has 6 rings (SSSR count). The normalized spacial score (nSPS) is 14.3. The molecule has 0 saturated carbocycles. The van der Waals surface area contributed by atoms with Crippen molar-refractivity contribution in [3.8, 4) is 11.5 Å². The molecule has 9 nitrogen and oxygen atoms in total. The number of hydrogen-bond acceptors (Lipinski definition) is 7. The van der Waals surface area contributed by atoms with Gasteiger partial charge in [0.2, 0.25) is 0 Å². The number of anilines is 1. The number of methoxy groups -OCH3 is 1. The van der Waals surface area contributed by atoms with E-state index in [0.717, 1.165) is 16.7 Å². The van der Waals surface area contributed by atoms with Crippen LogP contribution in [0.3, 0.4) is 0 Å². The van der Waals surface area contributed by atoms with E-state index in [1.165, 1.54) is 17.4 Å². The van der Waals surface area contributed by atoms with Gasteiger partial charge in [0.25, 0.3) is 11.5 Å². The number of carboxylic acid groups (broad SMARTS) is 1. The van der Waals surface area contributed by atoms with Crippen LogP contribution in [0.15, 0.2) is 124 Å². The first-order chi connectivity index (χ1) is 22.3. The van der Waals surface area contributed by atoms with Gasteiger partial charge >= 0.3 is 5.97 Å². The second-order valence-corrected chi connectivity index (χ2v) is 11.5. The average molecular weight is 632 g/mol. The molecule has 1 aromatic heterocycles. The highest BCUT2D eigenvalue weighted by Crippen LogP contribution is 2.31. The van der Waals surface area contributed by atoms with E-state index in [9.17, 15) is 19.5 Å². The van der Waals surface area contributed by atoms with Crippen molar-refractivity contribution in [1.29, 1.82) is 0 Å². The topological polar surface area (TPSA) is 119 Å². The quantitative estimate of drug-likeness (QED) is 0.232. The number of nitrogens with zero attached hydrogens (tertiary/aromatic N) is 2. The van der Waals surface area contributed by atoms with Crippen LogP contribution in [0.5, 0.6) is 11.5 Å². The number of aromatic nitrogens is 1. The summed E-state index contributed by atoms with van der Waals surface area (Å²) in [5, 5.41) is 12.2. The summed E-state index contributed by atoms with van der Waals surface area (Å²) in [5.74, 6) is -0.0710. The number of carboxylic acids is 1. The van der Waals surface area contributed by atoms with Crippen molar-refractivity contribution in [3.63, 3.8) is 0 Å². The summed E-state index contributed by atoms with van der Waals surface area (Å²) in [6.45, 7) is 1.99. The van der Waals surface area contributed by atoms with E-state index < -0.39 is 12.0 Å². The van der Waals surface area contributed by atoms with Crippen molar-refractivity contribution in [2.45, 2.75) is 19.6 Å². The fraction of sp³-hybridized carbons (Fsp3) is 0.111. The third-order valence-corrected chi connectivity index (χ3v) is 8.47. The molecule has 2 N–H and O–H groups in total. The molecule has 10 heteroatoms. The van der Waals surface area contributed by atoms with Crippen molar-refractivity contribution in [2.24, 2.45) is 4.99 Å². The number of aromatic carboxylic acids is 1. The fourth-order valence-electron chi connectivity index (χ4n) is 5.21. The Kier molecular flexibility index (Phi) is 8.62.